The summed E-state index contributed by atoms with van der Waals surface area (Å²) in [7, 11) is 0. The van der Waals surface area contributed by atoms with Crippen LogP contribution in [0.25, 0.3) is 16.6 Å². The first kappa shape index (κ1) is 18.4. The van der Waals surface area contributed by atoms with E-state index in [4.69, 9.17) is 4.98 Å². The van der Waals surface area contributed by atoms with Crippen molar-refractivity contribution in [3.8, 4) is 0 Å². The van der Waals surface area contributed by atoms with E-state index >= 15 is 0 Å². The lowest BCUT2D eigenvalue weighted by Gasteiger charge is -2.19. The quantitative estimate of drug-likeness (QED) is 0.489. The highest BCUT2D eigenvalue weighted by molar-refractivity contribution is 6.25. The van der Waals surface area contributed by atoms with Crippen molar-refractivity contribution in [2.75, 3.05) is 6.54 Å². The number of hydrogen-bond donors (Lipinski definition) is 0. The maximum Gasteiger partial charge on any atom is 0.118 e. The second kappa shape index (κ2) is 7.34. The van der Waals surface area contributed by atoms with E-state index in [-0.39, 0.29) is 6.04 Å². The van der Waals surface area contributed by atoms with Gasteiger partial charge in [0.2, 0.25) is 0 Å². The van der Waals surface area contributed by atoms with E-state index in [1.54, 1.807) is 0 Å². The summed E-state index contributed by atoms with van der Waals surface area (Å²) in [5.41, 5.74) is 9.80. The summed E-state index contributed by atoms with van der Waals surface area (Å²) in [6, 6.07) is 14.1. The predicted octanol–water partition coefficient (Wildman–Crippen LogP) is 5.02. The first-order valence-electron chi connectivity index (χ1n) is 10.1. The van der Waals surface area contributed by atoms with Crippen LogP contribution in [-0.4, -0.2) is 31.8 Å². The second-order valence-corrected chi connectivity index (χ2v) is 7.78. The van der Waals surface area contributed by atoms with Crippen molar-refractivity contribution in [1.82, 2.24) is 19.5 Å². The van der Waals surface area contributed by atoms with Crippen LogP contribution in [0.3, 0.4) is 0 Å². The van der Waals surface area contributed by atoms with Gasteiger partial charge in [-0.25, -0.2) is 0 Å². The molecule has 148 valence electrons. The summed E-state index contributed by atoms with van der Waals surface area (Å²) in [5.74, 6) is 0. The third kappa shape index (κ3) is 3.03. The van der Waals surface area contributed by atoms with Gasteiger partial charge >= 0.3 is 0 Å². The van der Waals surface area contributed by atoms with Crippen molar-refractivity contribution >= 4 is 22.3 Å². The Bertz CT molecular complexity index is 1240. The molecule has 0 unspecified atom stereocenters. The molecule has 5 rings (SSSR count). The molecular weight excluding hydrogens is 370 g/mol. The summed E-state index contributed by atoms with van der Waals surface area (Å²) in [4.78, 5) is 18.8. The molecule has 5 nitrogen and oxygen atoms in total. The number of nitrogens with zero attached hydrogens (tertiary/aromatic N) is 5. The topological polar surface area (TPSA) is 56.0 Å². The molecule has 1 aliphatic rings. The Morgan fingerprint density at radius 2 is 1.60 bits per heavy atom. The third-order valence-corrected chi connectivity index (χ3v) is 5.70. The number of aryl methyl sites for hydroxylation is 1. The summed E-state index contributed by atoms with van der Waals surface area (Å²) in [5, 5.41) is 0. The summed E-state index contributed by atoms with van der Waals surface area (Å²) >= 11 is 0. The van der Waals surface area contributed by atoms with E-state index in [9.17, 15) is 0 Å². The Morgan fingerprint density at radius 3 is 2.17 bits per heavy atom. The van der Waals surface area contributed by atoms with Crippen LogP contribution in [0.2, 0.25) is 0 Å². The number of hydrogen-bond acceptors (Lipinski definition) is 4. The molecule has 0 saturated heterocycles. The SMILES string of the molecule is CC1=NCC(C)=C1c1cnc2c(C)cn(C(c3ccccn3)c3ccccn3)c2c1. The summed E-state index contributed by atoms with van der Waals surface area (Å²) in [6.45, 7) is 7.09. The van der Waals surface area contributed by atoms with Crippen molar-refractivity contribution in [3.05, 3.63) is 95.3 Å². The van der Waals surface area contributed by atoms with Crippen LogP contribution < -0.4 is 0 Å². The molecule has 0 bridgehead atoms. The summed E-state index contributed by atoms with van der Waals surface area (Å²) < 4.78 is 2.25. The lowest BCUT2D eigenvalue weighted by Crippen LogP contribution is -2.14. The molecule has 30 heavy (non-hydrogen) atoms. The van der Waals surface area contributed by atoms with Gasteiger partial charge in [0.15, 0.2) is 0 Å². The monoisotopic (exact) mass is 393 g/mol. The number of rotatable bonds is 4. The smallest absolute Gasteiger partial charge is 0.118 e. The highest BCUT2D eigenvalue weighted by Crippen LogP contribution is 2.33. The van der Waals surface area contributed by atoms with Gasteiger partial charge in [-0.15, -0.1) is 0 Å². The maximum atomic E-state index is 4.83. The number of aromatic nitrogens is 4. The Morgan fingerprint density at radius 1 is 0.900 bits per heavy atom. The molecule has 5 heteroatoms. The number of aliphatic imine (C=N–C) groups is 1. The van der Waals surface area contributed by atoms with Gasteiger partial charge in [0, 0.05) is 41.6 Å². The van der Waals surface area contributed by atoms with E-state index in [0.29, 0.717) is 0 Å². The van der Waals surface area contributed by atoms with Crippen molar-refractivity contribution < 1.29 is 0 Å². The maximum absolute atomic E-state index is 4.83. The van der Waals surface area contributed by atoms with Crippen LogP contribution in [0.5, 0.6) is 0 Å². The first-order chi connectivity index (χ1) is 14.6. The van der Waals surface area contributed by atoms with Gasteiger partial charge < -0.3 is 4.57 Å². The van der Waals surface area contributed by atoms with Crippen LogP contribution in [0.4, 0.5) is 0 Å². The second-order valence-electron chi connectivity index (χ2n) is 7.78. The minimum absolute atomic E-state index is 0.130. The molecule has 0 aromatic carbocycles. The van der Waals surface area contributed by atoms with Crippen LogP contribution >= 0.6 is 0 Å². The molecule has 0 fully saturated rings. The van der Waals surface area contributed by atoms with Crippen molar-refractivity contribution in [1.29, 1.82) is 0 Å². The predicted molar refractivity (Wildman–Crippen MR) is 121 cm³/mol. The van der Waals surface area contributed by atoms with Crippen molar-refractivity contribution in [3.63, 3.8) is 0 Å². The largest absolute Gasteiger partial charge is 0.331 e. The molecule has 4 aromatic heterocycles. The minimum atomic E-state index is -0.130. The summed E-state index contributed by atoms with van der Waals surface area (Å²) in [6.07, 6.45) is 7.80. The van der Waals surface area contributed by atoms with Gasteiger partial charge in [0.05, 0.1) is 29.0 Å². The zero-order valence-corrected chi connectivity index (χ0v) is 17.4. The lowest BCUT2D eigenvalue weighted by molar-refractivity contribution is 0.661. The van der Waals surface area contributed by atoms with Crippen molar-refractivity contribution in [2.45, 2.75) is 26.8 Å². The third-order valence-electron chi connectivity index (χ3n) is 5.70. The molecule has 0 atom stereocenters. The molecule has 0 N–H and O–H groups in total. The highest BCUT2D eigenvalue weighted by atomic mass is 15.1. The average Bonchev–Trinajstić information content (AvgIpc) is 3.28. The van der Waals surface area contributed by atoms with Crippen LogP contribution in [0.1, 0.15) is 42.4 Å². The fraction of sp³-hybridized carbons (Fsp3) is 0.200. The Balaban J connectivity index is 1.75. The molecule has 0 aliphatic carbocycles. The van der Waals surface area contributed by atoms with Gasteiger partial charge in [-0.2, -0.15) is 0 Å². The Hall–Kier alpha value is -3.60. The number of allylic oxidation sites excluding steroid dienone is 1. The fourth-order valence-electron chi connectivity index (χ4n) is 4.31. The molecule has 1 aliphatic heterocycles. The Kier molecular flexibility index (Phi) is 4.51. The van der Waals surface area contributed by atoms with E-state index in [0.717, 1.165) is 45.8 Å². The standard InChI is InChI=1S/C25H23N5/c1-16-13-28-18(3)23(16)19-12-22-24(29-14-19)17(2)15-30(22)25(20-8-4-6-10-26-20)21-9-5-7-11-27-21/h4-12,14-15,25H,13H2,1-3H3. The van der Waals surface area contributed by atoms with Gasteiger partial charge in [0.1, 0.15) is 6.04 Å². The molecule has 4 aromatic rings. The lowest BCUT2D eigenvalue weighted by atomic mass is 10.00. The van der Waals surface area contributed by atoms with Crippen LogP contribution in [0, 0.1) is 6.92 Å². The van der Waals surface area contributed by atoms with E-state index in [1.165, 1.54) is 11.1 Å². The number of pyridine rings is 3. The first-order valence-corrected chi connectivity index (χ1v) is 10.1. The van der Waals surface area contributed by atoms with Crippen LogP contribution in [0.15, 0.2) is 77.8 Å². The Labute approximate surface area is 175 Å². The average molecular weight is 393 g/mol. The number of fused-ring (bicyclic) bond motifs is 1. The van der Waals surface area contributed by atoms with E-state index < -0.39 is 0 Å². The zero-order valence-electron chi connectivity index (χ0n) is 17.4. The van der Waals surface area contributed by atoms with Gasteiger partial charge in [0.25, 0.3) is 0 Å². The van der Waals surface area contributed by atoms with Gasteiger partial charge in [-0.05, 0) is 62.2 Å². The normalized spacial score (nSPS) is 14.1. The molecule has 5 heterocycles. The molecule has 0 spiro atoms. The molecular formula is C25H23N5. The van der Waals surface area contributed by atoms with Crippen LogP contribution in [-0.2, 0) is 0 Å². The van der Waals surface area contributed by atoms with Gasteiger partial charge in [-0.3, -0.25) is 19.9 Å². The van der Waals surface area contributed by atoms with Gasteiger partial charge in [-0.1, -0.05) is 12.1 Å². The zero-order chi connectivity index (χ0) is 20.7. The fourth-order valence-corrected chi connectivity index (χ4v) is 4.31. The van der Waals surface area contributed by atoms with E-state index in [2.05, 4.69) is 64.7 Å². The minimum Gasteiger partial charge on any atom is -0.331 e. The molecule has 0 radical (unpaired) electrons. The van der Waals surface area contributed by atoms with Crippen molar-refractivity contribution in [2.24, 2.45) is 4.99 Å². The highest BCUT2D eigenvalue weighted by Gasteiger charge is 2.23. The molecule has 0 saturated carbocycles. The molecule has 0 amide bonds. The van der Waals surface area contributed by atoms with E-state index in [1.807, 2.05) is 42.9 Å².